The molecule has 0 aromatic carbocycles. The molecule has 0 aromatic heterocycles. The van der Waals surface area contributed by atoms with Gasteiger partial charge in [0.15, 0.2) is 0 Å². The summed E-state index contributed by atoms with van der Waals surface area (Å²) in [5.41, 5.74) is -0.977. The molecule has 4 unspecified atom stereocenters. The Hall–Kier alpha value is -1.59. The molecule has 6 heteroatoms. The van der Waals surface area contributed by atoms with Crippen LogP contribution in [0.2, 0.25) is 0 Å². The van der Waals surface area contributed by atoms with Crippen molar-refractivity contribution in [2.75, 3.05) is 0 Å². The summed E-state index contributed by atoms with van der Waals surface area (Å²) in [5.74, 6) is -0.785. The Balaban J connectivity index is 0.000000190. The van der Waals surface area contributed by atoms with Crippen molar-refractivity contribution < 1.29 is 28.6 Å². The van der Waals surface area contributed by atoms with E-state index in [1.165, 1.54) is 12.8 Å². The highest BCUT2D eigenvalue weighted by molar-refractivity contribution is 5.80. The number of carbonyl (C=O) groups excluding carboxylic acids is 3. The van der Waals surface area contributed by atoms with Gasteiger partial charge in [-0.2, -0.15) is 0 Å². The number of ether oxygens (including phenoxy) is 3. The molecule has 6 nitrogen and oxygen atoms in total. The summed E-state index contributed by atoms with van der Waals surface area (Å²) in [6.45, 7) is 13.8. The zero-order chi connectivity index (χ0) is 24.7. The van der Waals surface area contributed by atoms with Crippen molar-refractivity contribution in [3.8, 4) is 0 Å². The quantitative estimate of drug-likeness (QED) is 0.433. The molecule has 0 spiro atoms. The topological polar surface area (TPSA) is 78.9 Å². The summed E-state index contributed by atoms with van der Waals surface area (Å²) in [5, 5.41) is 0. The first-order chi connectivity index (χ1) is 15.3. The van der Waals surface area contributed by atoms with E-state index >= 15 is 0 Å². The molecule has 0 N–H and O–H groups in total. The van der Waals surface area contributed by atoms with Crippen LogP contribution in [0.3, 0.4) is 0 Å². The predicted molar refractivity (Wildman–Crippen MR) is 125 cm³/mol. The van der Waals surface area contributed by atoms with Gasteiger partial charge in [-0.1, -0.05) is 20.8 Å². The molecular weight excluding hydrogens is 420 g/mol. The first-order valence-corrected chi connectivity index (χ1v) is 13.0. The largest absolute Gasteiger partial charge is 0.459 e. The molecule has 4 atom stereocenters. The van der Waals surface area contributed by atoms with Crippen LogP contribution in [0.4, 0.5) is 0 Å². The van der Waals surface area contributed by atoms with Gasteiger partial charge in [-0.05, 0) is 91.4 Å². The zero-order valence-electron chi connectivity index (χ0n) is 21.8. The number of rotatable bonds is 7. The summed E-state index contributed by atoms with van der Waals surface area (Å²) >= 11 is 0. The van der Waals surface area contributed by atoms with Crippen LogP contribution in [0.5, 0.6) is 0 Å². The first-order valence-electron chi connectivity index (χ1n) is 13.0. The standard InChI is InChI=1S/C14H20O4.C13H24O2/c1-4-13(2,3)12(16)18-14-7-8-5-9(10(14)6-8)11(15)17-14;1-5-12(3,4)11(14)15-13(6-2)9-7-8-10-13/h8-10H,4-7H2,1-3H3;5-10H2,1-4H3. The number of hydrogen-bond acceptors (Lipinski definition) is 6. The molecule has 0 amide bonds. The summed E-state index contributed by atoms with van der Waals surface area (Å²) < 4.78 is 16.9. The Kier molecular flexibility index (Phi) is 7.27. The van der Waals surface area contributed by atoms with Gasteiger partial charge in [0, 0.05) is 6.42 Å². The van der Waals surface area contributed by atoms with E-state index in [1.807, 2.05) is 41.5 Å². The molecule has 4 rings (SSSR count). The summed E-state index contributed by atoms with van der Waals surface area (Å²) in [7, 11) is 0. The van der Waals surface area contributed by atoms with Crippen molar-refractivity contribution in [1.82, 2.24) is 0 Å². The highest BCUT2D eigenvalue weighted by atomic mass is 16.7. The van der Waals surface area contributed by atoms with Crippen LogP contribution in [-0.4, -0.2) is 29.3 Å². The van der Waals surface area contributed by atoms with Crippen LogP contribution < -0.4 is 0 Å². The lowest BCUT2D eigenvalue weighted by Gasteiger charge is -2.33. The molecule has 1 aliphatic heterocycles. The molecule has 4 fully saturated rings. The molecule has 3 saturated carbocycles. The average Bonchev–Trinajstić information content (AvgIpc) is 3.51. The van der Waals surface area contributed by atoms with E-state index < -0.39 is 11.2 Å². The molecule has 2 bridgehead atoms. The van der Waals surface area contributed by atoms with Crippen molar-refractivity contribution in [2.45, 2.75) is 124 Å². The molecule has 1 heterocycles. The smallest absolute Gasteiger partial charge is 0.314 e. The van der Waals surface area contributed by atoms with Crippen molar-refractivity contribution >= 4 is 17.9 Å². The highest BCUT2D eigenvalue weighted by Crippen LogP contribution is 2.61. The third-order valence-electron chi connectivity index (χ3n) is 8.98. The van der Waals surface area contributed by atoms with E-state index in [9.17, 15) is 14.4 Å². The Labute approximate surface area is 199 Å². The molecule has 3 aliphatic carbocycles. The van der Waals surface area contributed by atoms with Crippen molar-refractivity contribution in [3.63, 3.8) is 0 Å². The lowest BCUT2D eigenvalue weighted by Crippen LogP contribution is -2.42. The highest BCUT2D eigenvalue weighted by Gasteiger charge is 2.68. The second kappa shape index (κ2) is 9.22. The molecule has 0 aromatic rings. The molecular formula is C27H44O6. The van der Waals surface area contributed by atoms with Gasteiger partial charge in [0.1, 0.15) is 5.60 Å². The van der Waals surface area contributed by atoms with Gasteiger partial charge >= 0.3 is 17.9 Å². The van der Waals surface area contributed by atoms with Crippen LogP contribution in [0, 0.1) is 28.6 Å². The Morgan fingerprint density at radius 1 is 0.939 bits per heavy atom. The van der Waals surface area contributed by atoms with Crippen LogP contribution in [0.25, 0.3) is 0 Å². The fourth-order valence-electron chi connectivity index (χ4n) is 5.58. The minimum absolute atomic E-state index is 0.0197. The minimum atomic E-state index is -0.922. The molecule has 0 radical (unpaired) electrons. The van der Waals surface area contributed by atoms with Crippen molar-refractivity contribution in [2.24, 2.45) is 28.6 Å². The minimum Gasteiger partial charge on any atom is -0.459 e. The van der Waals surface area contributed by atoms with Crippen LogP contribution >= 0.6 is 0 Å². The van der Waals surface area contributed by atoms with Crippen LogP contribution in [0.1, 0.15) is 113 Å². The Morgan fingerprint density at radius 3 is 1.97 bits per heavy atom. The summed E-state index contributed by atoms with van der Waals surface area (Å²) in [4.78, 5) is 36.0. The first kappa shape index (κ1) is 26.0. The third-order valence-corrected chi connectivity index (χ3v) is 8.98. The maximum absolute atomic E-state index is 12.2. The lowest BCUT2D eigenvalue weighted by molar-refractivity contribution is -0.229. The molecule has 188 valence electrons. The SMILES string of the molecule is CCC(C)(C)C(=O)OC12CC3CC(C(=O)O1)C2C3.CCC1(OC(=O)C(C)(C)CC)CCCC1. The van der Waals surface area contributed by atoms with Gasteiger partial charge in [-0.3, -0.25) is 14.4 Å². The van der Waals surface area contributed by atoms with Crippen molar-refractivity contribution in [1.29, 1.82) is 0 Å². The molecule has 33 heavy (non-hydrogen) atoms. The summed E-state index contributed by atoms with van der Waals surface area (Å²) in [6.07, 6.45) is 9.60. The van der Waals surface area contributed by atoms with E-state index in [-0.39, 0.29) is 40.8 Å². The maximum atomic E-state index is 12.2. The van der Waals surface area contributed by atoms with E-state index in [2.05, 4.69) is 6.92 Å². The third kappa shape index (κ3) is 4.95. The maximum Gasteiger partial charge on any atom is 0.314 e. The Bertz CT molecular complexity index is 763. The fourth-order valence-corrected chi connectivity index (χ4v) is 5.58. The van der Waals surface area contributed by atoms with E-state index in [0.717, 1.165) is 38.5 Å². The number of esters is 3. The second-order valence-corrected chi connectivity index (χ2v) is 12.0. The number of carbonyl (C=O) groups is 3. The monoisotopic (exact) mass is 464 g/mol. The lowest BCUT2D eigenvalue weighted by atomic mass is 9.86. The van der Waals surface area contributed by atoms with Crippen LogP contribution in [-0.2, 0) is 28.6 Å². The zero-order valence-corrected chi connectivity index (χ0v) is 21.8. The van der Waals surface area contributed by atoms with Gasteiger partial charge < -0.3 is 14.2 Å². The van der Waals surface area contributed by atoms with Gasteiger partial charge in [0.25, 0.3) is 5.79 Å². The summed E-state index contributed by atoms with van der Waals surface area (Å²) in [6, 6.07) is 0. The number of hydrogen-bond donors (Lipinski definition) is 0. The number of fused-ring (bicyclic) bond motifs is 1. The van der Waals surface area contributed by atoms with Gasteiger partial charge in [0.05, 0.1) is 22.7 Å². The predicted octanol–water partition coefficient (Wildman–Crippen LogP) is 5.95. The van der Waals surface area contributed by atoms with Crippen molar-refractivity contribution in [3.05, 3.63) is 0 Å². The average molecular weight is 465 g/mol. The second-order valence-electron chi connectivity index (χ2n) is 12.0. The molecule has 4 aliphatic rings. The van der Waals surface area contributed by atoms with Gasteiger partial charge in [0.2, 0.25) is 0 Å². The van der Waals surface area contributed by atoms with E-state index in [4.69, 9.17) is 14.2 Å². The van der Waals surface area contributed by atoms with E-state index in [1.54, 1.807) is 0 Å². The fraction of sp³-hybridized carbons (Fsp3) is 0.889. The van der Waals surface area contributed by atoms with Gasteiger partial charge in [-0.15, -0.1) is 0 Å². The van der Waals surface area contributed by atoms with Crippen LogP contribution in [0.15, 0.2) is 0 Å². The Morgan fingerprint density at radius 2 is 1.48 bits per heavy atom. The molecule has 1 saturated heterocycles. The van der Waals surface area contributed by atoms with Gasteiger partial charge in [-0.25, -0.2) is 0 Å². The normalized spacial score (nSPS) is 31.6. The van der Waals surface area contributed by atoms with E-state index in [0.29, 0.717) is 18.8 Å².